The molecule has 0 saturated carbocycles. The first-order chi connectivity index (χ1) is 13.8. The number of nitrogen functional groups attached to an aromatic ring is 1. The average molecular weight is 411 g/mol. The number of nitrogens with two attached hydrogens (primary N) is 1. The molecule has 0 fully saturated rings. The number of rotatable bonds is 4. The summed E-state index contributed by atoms with van der Waals surface area (Å²) in [6.07, 6.45) is 0. The third kappa shape index (κ3) is 2.83. The quantitative estimate of drug-likeness (QED) is 0.609. The number of hydrogen-bond donors (Lipinski definition) is 3. The smallest absolute Gasteiger partial charge is 0.266 e. The maximum absolute atomic E-state index is 13.0. The molecule has 29 heavy (non-hydrogen) atoms. The standard InChI is InChI=1S/C21H21N3O4S/c1-10-7-11(2)16-14(8-10)21(26,19(25)23-16)18-17(24-20(22)29-18)13-9-12(27-3)5-6-15(13)28-4/h5-9,26H,1-4H3,(H2,22,24)(H,23,25). The largest absolute Gasteiger partial charge is 0.497 e. The third-order valence-electron chi connectivity index (χ3n) is 5.07. The zero-order valence-electron chi connectivity index (χ0n) is 16.5. The molecule has 2 aromatic carbocycles. The topological polar surface area (TPSA) is 107 Å². The zero-order chi connectivity index (χ0) is 20.9. The van der Waals surface area contributed by atoms with E-state index in [4.69, 9.17) is 15.2 Å². The highest BCUT2D eigenvalue weighted by Crippen LogP contribution is 2.49. The van der Waals surface area contributed by atoms with Crippen LogP contribution in [0.3, 0.4) is 0 Å². The Morgan fingerprint density at radius 1 is 1.17 bits per heavy atom. The Bertz CT molecular complexity index is 1140. The van der Waals surface area contributed by atoms with E-state index in [1.807, 2.05) is 26.0 Å². The van der Waals surface area contributed by atoms with Gasteiger partial charge < -0.3 is 25.6 Å². The molecular weight excluding hydrogens is 390 g/mol. The molecule has 3 aromatic rings. The number of ether oxygens (including phenoxy) is 2. The second-order valence-electron chi connectivity index (χ2n) is 6.96. The summed E-state index contributed by atoms with van der Waals surface area (Å²) in [6.45, 7) is 3.81. The van der Waals surface area contributed by atoms with Crippen LogP contribution < -0.4 is 20.5 Å². The first kappa shape index (κ1) is 19.2. The van der Waals surface area contributed by atoms with Crippen LogP contribution in [0.25, 0.3) is 11.3 Å². The number of fused-ring (bicyclic) bond motifs is 1. The van der Waals surface area contributed by atoms with Crippen LogP contribution in [-0.2, 0) is 10.4 Å². The van der Waals surface area contributed by atoms with Crippen LogP contribution in [0.15, 0.2) is 30.3 Å². The van der Waals surface area contributed by atoms with Crippen LogP contribution in [0.1, 0.15) is 21.6 Å². The van der Waals surface area contributed by atoms with Crippen molar-refractivity contribution >= 4 is 28.1 Å². The predicted molar refractivity (Wildman–Crippen MR) is 113 cm³/mol. The van der Waals surface area contributed by atoms with Gasteiger partial charge in [-0.2, -0.15) is 0 Å². The van der Waals surface area contributed by atoms with E-state index in [-0.39, 0.29) is 5.13 Å². The summed E-state index contributed by atoms with van der Waals surface area (Å²) in [5, 5.41) is 14.8. The Balaban J connectivity index is 2.00. The predicted octanol–water partition coefficient (Wildman–Crippen LogP) is 3.21. The second-order valence-corrected chi connectivity index (χ2v) is 8.00. The number of amides is 1. The molecule has 0 aliphatic carbocycles. The molecule has 1 atom stereocenters. The highest BCUT2D eigenvalue weighted by Gasteiger charge is 2.50. The Morgan fingerprint density at radius 3 is 2.62 bits per heavy atom. The SMILES string of the molecule is COc1ccc(OC)c(-c2nc(N)sc2C2(O)C(=O)Nc3c(C)cc(C)cc32)c1. The number of nitrogens with one attached hydrogen (secondary N) is 1. The molecular formula is C21H21N3O4S. The summed E-state index contributed by atoms with van der Waals surface area (Å²) in [6, 6.07) is 9.02. The molecule has 8 heteroatoms. The summed E-state index contributed by atoms with van der Waals surface area (Å²) in [5.74, 6) is 0.584. The molecule has 4 N–H and O–H groups in total. The number of nitrogens with zero attached hydrogens (tertiary/aromatic N) is 1. The molecule has 7 nitrogen and oxygen atoms in total. The second kappa shape index (κ2) is 6.75. The first-order valence-electron chi connectivity index (χ1n) is 8.94. The van der Waals surface area contributed by atoms with Gasteiger partial charge in [0.25, 0.3) is 5.91 Å². The maximum atomic E-state index is 13.0. The van der Waals surface area contributed by atoms with Gasteiger partial charge in [-0.3, -0.25) is 4.79 Å². The van der Waals surface area contributed by atoms with Gasteiger partial charge >= 0.3 is 0 Å². The summed E-state index contributed by atoms with van der Waals surface area (Å²) in [5.41, 5.74) is 7.99. The number of hydrogen-bond acceptors (Lipinski definition) is 7. The van der Waals surface area contributed by atoms with Crippen LogP contribution >= 0.6 is 11.3 Å². The molecule has 0 spiro atoms. The van der Waals surface area contributed by atoms with E-state index < -0.39 is 11.5 Å². The Hall–Kier alpha value is -3.10. The van der Waals surface area contributed by atoms with Crippen LogP contribution in [0.2, 0.25) is 0 Å². The van der Waals surface area contributed by atoms with E-state index in [1.165, 1.54) is 0 Å². The summed E-state index contributed by atoms with van der Waals surface area (Å²) < 4.78 is 10.8. The van der Waals surface area contributed by atoms with Crippen LogP contribution in [0, 0.1) is 13.8 Å². The molecule has 0 bridgehead atoms. The van der Waals surface area contributed by atoms with Gasteiger partial charge in [0.15, 0.2) is 5.13 Å². The van der Waals surface area contributed by atoms with Crippen molar-refractivity contribution in [2.24, 2.45) is 0 Å². The van der Waals surface area contributed by atoms with E-state index in [0.29, 0.717) is 38.9 Å². The number of methoxy groups -OCH3 is 2. The number of carbonyl (C=O) groups excluding carboxylic acids is 1. The highest BCUT2D eigenvalue weighted by atomic mass is 32.1. The van der Waals surface area contributed by atoms with E-state index in [9.17, 15) is 9.90 Å². The molecule has 1 aliphatic heterocycles. The normalized spacial score (nSPS) is 17.8. The number of thiazole rings is 1. The van der Waals surface area contributed by atoms with Gasteiger partial charge in [0.05, 0.1) is 30.5 Å². The lowest BCUT2D eigenvalue weighted by molar-refractivity contribution is -0.129. The molecule has 4 rings (SSSR count). The molecule has 1 aromatic heterocycles. The lowest BCUT2D eigenvalue weighted by atomic mass is 9.89. The van der Waals surface area contributed by atoms with E-state index in [1.54, 1.807) is 32.4 Å². The average Bonchev–Trinajstić information content (AvgIpc) is 3.21. The van der Waals surface area contributed by atoms with Crippen molar-refractivity contribution in [1.29, 1.82) is 0 Å². The Morgan fingerprint density at radius 2 is 1.93 bits per heavy atom. The van der Waals surface area contributed by atoms with Crippen molar-refractivity contribution in [3.8, 4) is 22.8 Å². The van der Waals surface area contributed by atoms with E-state index in [2.05, 4.69) is 10.3 Å². The van der Waals surface area contributed by atoms with Crippen molar-refractivity contribution in [2.75, 3.05) is 25.3 Å². The number of benzene rings is 2. The maximum Gasteiger partial charge on any atom is 0.266 e. The fourth-order valence-electron chi connectivity index (χ4n) is 3.73. The van der Waals surface area contributed by atoms with E-state index in [0.717, 1.165) is 22.5 Å². The Labute approximate surface area is 172 Å². The molecule has 1 amide bonds. The van der Waals surface area contributed by atoms with Crippen LogP contribution in [0.4, 0.5) is 10.8 Å². The van der Waals surface area contributed by atoms with Gasteiger partial charge in [0.1, 0.15) is 11.5 Å². The van der Waals surface area contributed by atoms with Crippen LogP contribution in [0.5, 0.6) is 11.5 Å². The van der Waals surface area contributed by atoms with Gasteiger partial charge in [-0.1, -0.05) is 29.0 Å². The minimum absolute atomic E-state index is 0.235. The van der Waals surface area contributed by atoms with Gasteiger partial charge in [-0.05, 0) is 37.6 Å². The van der Waals surface area contributed by atoms with E-state index >= 15 is 0 Å². The number of aromatic nitrogens is 1. The minimum atomic E-state index is -1.91. The number of carbonyl (C=O) groups is 1. The molecule has 1 unspecified atom stereocenters. The van der Waals surface area contributed by atoms with Gasteiger partial charge in [-0.15, -0.1) is 0 Å². The number of aliphatic hydroxyl groups is 1. The van der Waals surface area contributed by atoms with Crippen LogP contribution in [-0.4, -0.2) is 30.2 Å². The summed E-state index contributed by atoms with van der Waals surface area (Å²) in [7, 11) is 3.10. The summed E-state index contributed by atoms with van der Waals surface area (Å²) in [4.78, 5) is 17.8. The number of aryl methyl sites for hydroxylation is 2. The minimum Gasteiger partial charge on any atom is -0.497 e. The fraction of sp³-hybridized carbons (Fsp3) is 0.238. The first-order valence-corrected chi connectivity index (χ1v) is 9.76. The van der Waals surface area contributed by atoms with Gasteiger partial charge in [0, 0.05) is 11.1 Å². The van der Waals surface area contributed by atoms with Crippen molar-refractivity contribution in [2.45, 2.75) is 19.4 Å². The molecule has 150 valence electrons. The molecule has 1 aliphatic rings. The lowest BCUT2D eigenvalue weighted by Gasteiger charge is -2.22. The van der Waals surface area contributed by atoms with Crippen molar-refractivity contribution in [3.05, 3.63) is 51.9 Å². The highest BCUT2D eigenvalue weighted by molar-refractivity contribution is 7.16. The third-order valence-corrected chi connectivity index (χ3v) is 6.06. The number of anilines is 2. The van der Waals surface area contributed by atoms with Crippen molar-refractivity contribution < 1.29 is 19.4 Å². The zero-order valence-corrected chi connectivity index (χ0v) is 17.3. The van der Waals surface area contributed by atoms with Gasteiger partial charge in [0.2, 0.25) is 5.60 Å². The molecule has 2 heterocycles. The summed E-state index contributed by atoms with van der Waals surface area (Å²) >= 11 is 1.08. The molecule has 0 saturated heterocycles. The lowest BCUT2D eigenvalue weighted by Crippen LogP contribution is -2.35. The monoisotopic (exact) mass is 411 g/mol. The fourth-order valence-corrected chi connectivity index (χ4v) is 4.68. The van der Waals surface area contributed by atoms with Crippen molar-refractivity contribution in [1.82, 2.24) is 4.98 Å². The molecule has 0 radical (unpaired) electrons. The van der Waals surface area contributed by atoms with Crippen molar-refractivity contribution in [3.63, 3.8) is 0 Å². The Kier molecular flexibility index (Phi) is 4.48. The van der Waals surface area contributed by atoms with Gasteiger partial charge in [-0.25, -0.2) is 4.98 Å².